The zero-order chi connectivity index (χ0) is 18.9. The molecule has 1 aromatic heterocycles. The Morgan fingerprint density at radius 2 is 1.77 bits per heavy atom. The molecule has 0 N–H and O–H groups in total. The topological polar surface area (TPSA) is 61.3 Å². The van der Waals surface area contributed by atoms with Gasteiger partial charge in [-0.25, -0.2) is 14.8 Å². The van der Waals surface area contributed by atoms with Crippen LogP contribution in [0.4, 0.5) is 0 Å². The summed E-state index contributed by atoms with van der Waals surface area (Å²) in [6, 6.07) is 7.54. The fourth-order valence-corrected chi connectivity index (χ4v) is 2.86. The van der Waals surface area contributed by atoms with Gasteiger partial charge in [-0.05, 0) is 44.5 Å². The van der Waals surface area contributed by atoms with E-state index in [0.717, 1.165) is 36.4 Å². The maximum atomic E-state index is 12.5. The summed E-state index contributed by atoms with van der Waals surface area (Å²) in [4.78, 5) is 21.7. The van der Waals surface area contributed by atoms with Gasteiger partial charge in [-0.15, -0.1) is 0 Å². The second-order valence-electron chi connectivity index (χ2n) is 6.21. The van der Waals surface area contributed by atoms with Crippen LogP contribution >= 0.6 is 0 Å². The Morgan fingerprint density at radius 1 is 1.04 bits per heavy atom. The SMILES string of the molecule is CCCCCCc1nc(C)c(C(=O)OCC)c(-c2ccc(OC)cc2)n1. The number of rotatable bonds is 9. The summed E-state index contributed by atoms with van der Waals surface area (Å²) in [5.41, 5.74) is 2.59. The van der Waals surface area contributed by atoms with Gasteiger partial charge in [0.1, 0.15) is 17.1 Å². The van der Waals surface area contributed by atoms with Crippen molar-refractivity contribution in [1.29, 1.82) is 0 Å². The van der Waals surface area contributed by atoms with E-state index in [1.54, 1.807) is 14.0 Å². The van der Waals surface area contributed by atoms with Gasteiger partial charge < -0.3 is 9.47 Å². The van der Waals surface area contributed by atoms with Crippen LogP contribution in [0.1, 0.15) is 61.4 Å². The third-order valence-electron chi connectivity index (χ3n) is 4.23. The largest absolute Gasteiger partial charge is 0.497 e. The van der Waals surface area contributed by atoms with Crippen molar-refractivity contribution in [3.05, 3.63) is 41.3 Å². The highest BCUT2D eigenvalue weighted by Gasteiger charge is 2.21. The van der Waals surface area contributed by atoms with Crippen LogP contribution < -0.4 is 4.74 Å². The zero-order valence-corrected chi connectivity index (χ0v) is 16.2. The molecule has 0 amide bonds. The average molecular weight is 356 g/mol. The Morgan fingerprint density at radius 3 is 2.38 bits per heavy atom. The molecule has 0 fully saturated rings. The first-order valence-corrected chi connectivity index (χ1v) is 9.29. The summed E-state index contributed by atoms with van der Waals surface area (Å²) in [6.45, 7) is 6.15. The third kappa shape index (κ3) is 5.04. The van der Waals surface area contributed by atoms with Crippen molar-refractivity contribution < 1.29 is 14.3 Å². The quantitative estimate of drug-likeness (QED) is 0.479. The molecule has 0 spiro atoms. The fraction of sp³-hybridized carbons (Fsp3) is 0.476. The Balaban J connectivity index is 2.41. The van der Waals surface area contributed by atoms with Crippen molar-refractivity contribution >= 4 is 5.97 Å². The van der Waals surface area contributed by atoms with Crippen LogP contribution in [0.25, 0.3) is 11.3 Å². The van der Waals surface area contributed by atoms with Crippen molar-refractivity contribution in [3.8, 4) is 17.0 Å². The summed E-state index contributed by atoms with van der Waals surface area (Å²) in [6.07, 6.45) is 5.43. The maximum Gasteiger partial charge on any atom is 0.342 e. The van der Waals surface area contributed by atoms with E-state index in [-0.39, 0.29) is 5.97 Å². The lowest BCUT2D eigenvalue weighted by atomic mass is 10.0. The number of esters is 1. The van der Waals surface area contributed by atoms with Gasteiger partial charge in [-0.3, -0.25) is 0 Å². The number of aromatic nitrogens is 2. The molecule has 0 bridgehead atoms. The van der Waals surface area contributed by atoms with Crippen molar-refractivity contribution in [2.24, 2.45) is 0 Å². The fourth-order valence-electron chi connectivity index (χ4n) is 2.86. The Kier molecular flexibility index (Phi) is 7.57. The van der Waals surface area contributed by atoms with E-state index in [4.69, 9.17) is 14.5 Å². The van der Waals surface area contributed by atoms with Crippen LogP contribution in [0, 0.1) is 6.92 Å². The first-order chi connectivity index (χ1) is 12.6. The van der Waals surface area contributed by atoms with Crippen LogP contribution in [0.3, 0.4) is 0 Å². The number of aryl methyl sites for hydroxylation is 2. The molecule has 5 heteroatoms. The minimum Gasteiger partial charge on any atom is -0.497 e. The molecule has 0 aliphatic heterocycles. The molecule has 26 heavy (non-hydrogen) atoms. The summed E-state index contributed by atoms with van der Waals surface area (Å²) >= 11 is 0. The van der Waals surface area contributed by atoms with Gasteiger partial charge >= 0.3 is 5.97 Å². The van der Waals surface area contributed by atoms with Crippen LogP contribution in [0.15, 0.2) is 24.3 Å². The molecule has 0 unspecified atom stereocenters. The number of benzene rings is 1. The van der Waals surface area contributed by atoms with Gasteiger partial charge in [-0.2, -0.15) is 0 Å². The van der Waals surface area contributed by atoms with Crippen LogP contribution in [0.2, 0.25) is 0 Å². The van der Waals surface area contributed by atoms with E-state index in [1.165, 1.54) is 12.8 Å². The molecule has 0 aliphatic rings. The lowest BCUT2D eigenvalue weighted by molar-refractivity contribution is 0.0525. The van der Waals surface area contributed by atoms with Gasteiger partial charge in [0, 0.05) is 12.0 Å². The number of methoxy groups -OCH3 is 1. The van der Waals surface area contributed by atoms with Crippen LogP contribution in [0.5, 0.6) is 5.75 Å². The van der Waals surface area contributed by atoms with Gasteiger partial charge in [0.2, 0.25) is 0 Å². The monoisotopic (exact) mass is 356 g/mol. The molecule has 0 radical (unpaired) electrons. The molecular weight excluding hydrogens is 328 g/mol. The van der Waals surface area contributed by atoms with Crippen molar-refractivity contribution in [2.75, 3.05) is 13.7 Å². The predicted molar refractivity (Wildman–Crippen MR) is 103 cm³/mol. The number of unbranched alkanes of at least 4 members (excludes halogenated alkanes) is 3. The first-order valence-electron chi connectivity index (χ1n) is 9.29. The van der Waals surface area contributed by atoms with Crippen LogP contribution in [-0.2, 0) is 11.2 Å². The highest BCUT2D eigenvalue weighted by Crippen LogP contribution is 2.27. The Labute approximate surface area is 155 Å². The minimum absolute atomic E-state index is 0.319. The smallest absolute Gasteiger partial charge is 0.342 e. The van der Waals surface area contributed by atoms with Gasteiger partial charge in [0.15, 0.2) is 0 Å². The summed E-state index contributed by atoms with van der Waals surface area (Å²) in [7, 11) is 1.63. The standard InChI is InChI=1S/C21H28N2O3/c1-5-7-8-9-10-18-22-15(3)19(21(24)26-6-2)20(23-18)16-11-13-17(25-4)14-12-16/h11-14H,5-10H2,1-4H3. The third-order valence-corrected chi connectivity index (χ3v) is 4.23. The van der Waals surface area contributed by atoms with E-state index >= 15 is 0 Å². The number of hydrogen-bond donors (Lipinski definition) is 0. The number of carbonyl (C=O) groups is 1. The second-order valence-corrected chi connectivity index (χ2v) is 6.21. The number of hydrogen-bond acceptors (Lipinski definition) is 5. The van der Waals surface area contributed by atoms with Gasteiger partial charge in [-0.1, -0.05) is 26.2 Å². The highest BCUT2D eigenvalue weighted by molar-refractivity contribution is 5.97. The lowest BCUT2D eigenvalue weighted by Crippen LogP contribution is -2.13. The average Bonchev–Trinajstić information content (AvgIpc) is 2.65. The van der Waals surface area contributed by atoms with E-state index < -0.39 is 0 Å². The molecule has 1 heterocycles. The van der Waals surface area contributed by atoms with E-state index in [9.17, 15) is 4.79 Å². The molecular formula is C21H28N2O3. The number of nitrogens with zero attached hydrogens (tertiary/aromatic N) is 2. The first kappa shape index (κ1) is 19.9. The maximum absolute atomic E-state index is 12.5. The van der Waals surface area contributed by atoms with E-state index in [0.29, 0.717) is 23.6 Å². The molecule has 2 rings (SSSR count). The Hall–Kier alpha value is -2.43. The summed E-state index contributed by atoms with van der Waals surface area (Å²) < 4.78 is 10.4. The molecule has 140 valence electrons. The highest BCUT2D eigenvalue weighted by atomic mass is 16.5. The van der Waals surface area contributed by atoms with Crippen LogP contribution in [-0.4, -0.2) is 29.7 Å². The zero-order valence-electron chi connectivity index (χ0n) is 16.2. The number of ether oxygens (including phenoxy) is 2. The Bertz CT molecular complexity index is 727. The lowest BCUT2D eigenvalue weighted by Gasteiger charge is -2.13. The second kappa shape index (κ2) is 9.90. The molecule has 0 saturated carbocycles. The molecule has 0 atom stereocenters. The molecule has 2 aromatic rings. The molecule has 5 nitrogen and oxygen atoms in total. The minimum atomic E-state index is -0.381. The van der Waals surface area contributed by atoms with E-state index in [1.807, 2.05) is 31.2 Å². The molecule has 0 aliphatic carbocycles. The normalized spacial score (nSPS) is 10.6. The summed E-state index contributed by atoms with van der Waals surface area (Å²) in [5.74, 6) is 1.16. The van der Waals surface area contributed by atoms with Gasteiger partial charge in [0.25, 0.3) is 0 Å². The summed E-state index contributed by atoms with van der Waals surface area (Å²) in [5, 5.41) is 0. The predicted octanol–water partition coefficient (Wildman–Crippen LogP) is 4.76. The van der Waals surface area contributed by atoms with Gasteiger partial charge in [0.05, 0.1) is 25.1 Å². The number of carbonyl (C=O) groups excluding carboxylic acids is 1. The van der Waals surface area contributed by atoms with Crippen molar-refractivity contribution in [3.63, 3.8) is 0 Å². The van der Waals surface area contributed by atoms with Crippen molar-refractivity contribution in [2.45, 2.75) is 52.9 Å². The molecule has 0 saturated heterocycles. The van der Waals surface area contributed by atoms with E-state index in [2.05, 4.69) is 11.9 Å². The molecule has 1 aromatic carbocycles. The van der Waals surface area contributed by atoms with Crippen molar-refractivity contribution in [1.82, 2.24) is 9.97 Å².